The van der Waals surface area contributed by atoms with Crippen molar-refractivity contribution in [3.8, 4) is 11.5 Å². The number of methoxy groups -OCH3 is 2. The largest absolute Gasteiger partial charge is 0.493 e. The highest BCUT2D eigenvalue weighted by Crippen LogP contribution is 2.33. The minimum absolute atomic E-state index is 0.173. The van der Waals surface area contributed by atoms with Gasteiger partial charge < -0.3 is 9.47 Å². The second-order valence-corrected chi connectivity index (χ2v) is 5.92. The van der Waals surface area contributed by atoms with Crippen LogP contribution in [-0.2, 0) is 0 Å². The quantitative estimate of drug-likeness (QED) is 0.596. The molecule has 0 aliphatic heterocycles. The molecule has 1 saturated carbocycles. The molecule has 21 heavy (non-hydrogen) atoms. The lowest BCUT2D eigenvalue weighted by Gasteiger charge is -2.24. The molecule has 1 unspecified atom stereocenters. The Hall–Kier alpha value is -1.26. The lowest BCUT2D eigenvalue weighted by Crippen LogP contribution is -2.28. The van der Waals surface area contributed by atoms with E-state index in [2.05, 4.69) is 11.5 Å². The summed E-state index contributed by atoms with van der Waals surface area (Å²) in [6.07, 6.45) is 9.25. The average Bonchev–Trinajstić information content (AvgIpc) is 2.56. The molecule has 1 atom stereocenters. The normalized spacial score (nSPS) is 17.5. The van der Waals surface area contributed by atoms with Crippen LogP contribution < -0.4 is 20.7 Å². The number of hydrogen-bond acceptors (Lipinski definition) is 4. The Labute approximate surface area is 128 Å². The van der Waals surface area contributed by atoms with E-state index in [9.17, 15) is 0 Å². The third kappa shape index (κ3) is 4.35. The van der Waals surface area contributed by atoms with Gasteiger partial charge in [-0.15, -0.1) is 0 Å². The molecule has 0 saturated heterocycles. The van der Waals surface area contributed by atoms with E-state index in [-0.39, 0.29) is 6.04 Å². The van der Waals surface area contributed by atoms with Crippen LogP contribution in [-0.4, -0.2) is 14.2 Å². The van der Waals surface area contributed by atoms with E-state index in [1.54, 1.807) is 14.2 Å². The van der Waals surface area contributed by atoms with Gasteiger partial charge in [-0.1, -0.05) is 38.2 Å². The predicted molar refractivity (Wildman–Crippen MR) is 85.4 cm³/mol. The zero-order valence-electron chi connectivity index (χ0n) is 13.2. The summed E-state index contributed by atoms with van der Waals surface area (Å²) in [5.74, 6) is 8.14. The fourth-order valence-electron chi connectivity index (χ4n) is 3.29. The Bertz CT molecular complexity index is 431. The molecule has 1 aromatic rings. The van der Waals surface area contributed by atoms with Crippen LogP contribution in [0, 0.1) is 5.92 Å². The van der Waals surface area contributed by atoms with Crippen LogP contribution in [0.3, 0.4) is 0 Å². The molecule has 1 aliphatic carbocycles. The van der Waals surface area contributed by atoms with Gasteiger partial charge in [-0.2, -0.15) is 0 Å². The Kier molecular flexibility index (Phi) is 6.33. The van der Waals surface area contributed by atoms with Crippen LogP contribution in [0.25, 0.3) is 0 Å². The number of benzene rings is 1. The Morgan fingerprint density at radius 3 is 2.48 bits per heavy atom. The SMILES string of the molecule is COc1ccc(C(CCC2CCCCC2)NN)cc1OC. The van der Waals surface area contributed by atoms with Crippen LogP contribution in [0.15, 0.2) is 18.2 Å². The Balaban J connectivity index is 1.99. The molecule has 3 N–H and O–H groups in total. The molecule has 2 rings (SSSR count). The summed E-state index contributed by atoms with van der Waals surface area (Å²) in [4.78, 5) is 0. The van der Waals surface area contributed by atoms with Crippen molar-refractivity contribution in [1.29, 1.82) is 0 Å². The maximum Gasteiger partial charge on any atom is 0.161 e. The third-order valence-electron chi connectivity index (χ3n) is 4.60. The number of rotatable bonds is 7. The first kappa shape index (κ1) is 16.1. The summed E-state index contributed by atoms with van der Waals surface area (Å²) in [5, 5.41) is 0. The highest BCUT2D eigenvalue weighted by molar-refractivity contribution is 5.43. The smallest absolute Gasteiger partial charge is 0.161 e. The molecule has 0 spiro atoms. The first-order chi connectivity index (χ1) is 10.3. The van der Waals surface area contributed by atoms with Crippen molar-refractivity contribution < 1.29 is 9.47 Å². The van der Waals surface area contributed by atoms with Crippen molar-refractivity contribution >= 4 is 0 Å². The fourth-order valence-corrected chi connectivity index (χ4v) is 3.29. The second-order valence-electron chi connectivity index (χ2n) is 5.92. The van der Waals surface area contributed by atoms with Gasteiger partial charge in [-0.3, -0.25) is 11.3 Å². The maximum atomic E-state index is 5.76. The number of hydrogen-bond donors (Lipinski definition) is 2. The summed E-state index contributed by atoms with van der Waals surface area (Å²) < 4.78 is 10.7. The molecular formula is C17H28N2O2. The van der Waals surface area contributed by atoms with Crippen molar-refractivity contribution in [1.82, 2.24) is 5.43 Å². The van der Waals surface area contributed by atoms with E-state index < -0.39 is 0 Å². The van der Waals surface area contributed by atoms with Crippen LogP contribution in [0.4, 0.5) is 0 Å². The zero-order valence-corrected chi connectivity index (χ0v) is 13.2. The van der Waals surface area contributed by atoms with Gasteiger partial charge in [0.15, 0.2) is 11.5 Å². The minimum Gasteiger partial charge on any atom is -0.493 e. The standard InChI is InChI=1S/C17H28N2O2/c1-20-16-11-9-14(12-17(16)21-2)15(19-18)10-8-13-6-4-3-5-7-13/h9,11-13,15,19H,3-8,10,18H2,1-2H3. The minimum atomic E-state index is 0.173. The van der Waals surface area contributed by atoms with E-state index in [1.165, 1.54) is 38.5 Å². The molecule has 1 fully saturated rings. The van der Waals surface area contributed by atoms with Crippen LogP contribution in [0.2, 0.25) is 0 Å². The number of nitrogens with one attached hydrogen (secondary N) is 1. The van der Waals surface area contributed by atoms with Crippen molar-refractivity contribution in [3.63, 3.8) is 0 Å². The monoisotopic (exact) mass is 292 g/mol. The van der Waals surface area contributed by atoms with E-state index in [4.69, 9.17) is 15.3 Å². The highest BCUT2D eigenvalue weighted by atomic mass is 16.5. The van der Waals surface area contributed by atoms with Crippen LogP contribution in [0.5, 0.6) is 11.5 Å². The molecule has 1 aliphatic rings. The fraction of sp³-hybridized carbons (Fsp3) is 0.647. The highest BCUT2D eigenvalue weighted by Gasteiger charge is 2.18. The molecule has 0 aromatic heterocycles. The third-order valence-corrected chi connectivity index (χ3v) is 4.60. The molecular weight excluding hydrogens is 264 g/mol. The molecule has 4 heteroatoms. The Morgan fingerprint density at radius 1 is 1.14 bits per heavy atom. The van der Waals surface area contributed by atoms with Gasteiger partial charge in [-0.25, -0.2) is 0 Å². The van der Waals surface area contributed by atoms with Gasteiger partial charge in [0.05, 0.1) is 14.2 Å². The predicted octanol–water partition coefficient (Wildman–Crippen LogP) is 3.57. The van der Waals surface area contributed by atoms with Crippen LogP contribution >= 0.6 is 0 Å². The van der Waals surface area contributed by atoms with Gasteiger partial charge in [0.2, 0.25) is 0 Å². The van der Waals surface area contributed by atoms with Crippen molar-refractivity contribution in [3.05, 3.63) is 23.8 Å². The van der Waals surface area contributed by atoms with Gasteiger partial charge >= 0.3 is 0 Å². The Morgan fingerprint density at radius 2 is 1.86 bits per heavy atom. The topological polar surface area (TPSA) is 56.5 Å². The number of hydrazine groups is 1. The molecule has 0 radical (unpaired) electrons. The van der Waals surface area contributed by atoms with Crippen molar-refractivity contribution in [2.24, 2.45) is 11.8 Å². The maximum absolute atomic E-state index is 5.76. The summed E-state index contributed by atoms with van der Waals surface area (Å²) in [6.45, 7) is 0. The average molecular weight is 292 g/mol. The number of ether oxygens (including phenoxy) is 2. The lowest BCUT2D eigenvalue weighted by molar-refractivity contribution is 0.314. The summed E-state index contributed by atoms with van der Waals surface area (Å²) in [6, 6.07) is 6.20. The molecule has 1 aromatic carbocycles. The molecule has 0 amide bonds. The number of nitrogens with two attached hydrogens (primary N) is 1. The molecule has 0 bridgehead atoms. The van der Waals surface area contributed by atoms with E-state index in [0.29, 0.717) is 0 Å². The zero-order chi connectivity index (χ0) is 15.1. The molecule has 4 nitrogen and oxygen atoms in total. The van der Waals surface area contributed by atoms with Gasteiger partial charge in [0.1, 0.15) is 0 Å². The summed E-state index contributed by atoms with van der Waals surface area (Å²) in [7, 11) is 3.31. The van der Waals surface area contributed by atoms with E-state index in [1.807, 2.05) is 12.1 Å². The first-order valence-corrected chi connectivity index (χ1v) is 7.96. The summed E-state index contributed by atoms with van der Waals surface area (Å²) >= 11 is 0. The van der Waals surface area contributed by atoms with Gasteiger partial charge in [-0.05, 0) is 36.5 Å². The summed E-state index contributed by atoms with van der Waals surface area (Å²) in [5.41, 5.74) is 4.11. The van der Waals surface area contributed by atoms with Crippen LogP contribution in [0.1, 0.15) is 56.6 Å². The second kappa shape index (κ2) is 8.25. The first-order valence-electron chi connectivity index (χ1n) is 7.96. The van der Waals surface area contributed by atoms with Crippen molar-refractivity contribution in [2.75, 3.05) is 14.2 Å². The van der Waals surface area contributed by atoms with Crippen molar-refractivity contribution in [2.45, 2.75) is 51.0 Å². The molecule has 0 heterocycles. The van der Waals surface area contributed by atoms with E-state index in [0.717, 1.165) is 29.4 Å². The van der Waals surface area contributed by atoms with Gasteiger partial charge in [0.25, 0.3) is 0 Å². The van der Waals surface area contributed by atoms with Gasteiger partial charge in [0, 0.05) is 6.04 Å². The molecule has 118 valence electrons. The van der Waals surface area contributed by atoms with E-state index >= 15 is 0 Å². The lowest BCUT2D eigenvalue weighted by atomic mass is 9.84.